The molecule has 114 valence electrons. The van der Waals surface area contributed by atoms with Crippen molar-refractivity contribution in [3.63, 3.8) is 0 Å². The fraction of sp³-hybridized carbons (Fsp3) is 0.684. The Balaban J connectivity index is 4.78. The van der Waals surface area contributed by atoms with Crippen molar-refractivity contribution in [1.29, 1.82) is 0 Å². The third kappa shape index (κ3) is 8.23. The molecule has 0 aromatic heterocycles. The minimum absolute atomic E-state index is 0.368. The summed E-state index contributed by atoms with van der Waals surface area (Å²) in [5, 5.41) is 3.14. The zero-order valence-corrected chi connectivity index (χ0v) is 13.9. The third-order valence-electron chi connectivity index (χ3n) is 3.73. The van der Waals surface area contributed by atoms with Gasteiger partial charge in [-0.3, -0.25) is 0 Å². The summed E-state index contributed by atoms with van der Waals surface area (Å²) in [4.78, 5) is 0. The van der Waals surface area contributed by atoms with Crippen molar-refractivity contribution in [3.05, 3.63) is 24.8 Å². The minimum atomic E-state index is 0.368. The van der Waals surface area contributed by atoms with E-state index in [9.17, 15) is 0 Å². The first kappa shape index (κ1) is 19.0. The molecule has 0 aliphatic carbocycles. The highest BCUT2D eigenvalue weighted by molar-refractivity contribution is 5.12. The van der Waals surface area contributed by atoms with Crippen LogP contribution in [-0.4, -0.2) is 13.6 Å². The van der Waals surface area contributed by atoms with Gasteiger partial charge in [0.25, 0.3) is 0 Å². The van der Waals surface area contributed by atoms with E-state index in [1.54, 1.807) is 0 Å². The number of nitrogens with one attached hydrogen (secondary N) is 1. The topological polar surface area (TPSA) is 12.0 Å². The molecule has 0 saturated carbocycles. The Morgan fingerprint density at radius 3 is 2.30 bits per heavy atom. The lowest BCUT2D eigenvalue weighted by atomic mass is 9.81. The smallest absolute Gasteiger partial charge is 0.0302 e. The lowest BCUT2D eigenvalue weighted by Gasteiger charge is -2.23. The van der Waals surface area contributed by atoms with E-state index in [0.29, 0.717) is 11.8 Å². The van der Waals surface area contributed by atoms with Crippen LogP contribution in [0, 0.1) is 29.6 Å². The van der Waals surface area contributed by atoms with Crippen molar-refractivity contribution in [2.24, 2.45) is 17.8 Å². The van der Waals surface area contributed by atoms with Crippen LogP contribution in [0.4, 0.5) is 0 Å². The predicted octanol–water partition coefficient (Wildman–Crippen LogP) is 4.81. The van der Waals surface area contributed by atoms with Gasteiger partial charge in [0.1, 0.15) is 0 Å². The molecule has 20 heavy (non-hydrogen) atoms. The van der Waals surface area contributed by atoms with Gasteiger partial charge in [0.2, 0.25) is 0 Å². The molecular weight excluding hydrogens is 242 g/mol. The second-order valence-corrected chi connectivity index (χ2v) is 5.48. The highest BCUT2D eigenvalue weighted by Crippen LogP contribution is 2.28. The van der Waals surface area contributed by atoms with Crippen LogP contribution in [-0.2, 0) is 0 Å². The van der Waals surface area contributed by atoms with Crippen LogP contribution in [0.1, 0.15) is 52.9 Å². The summed E-state index contributed by atoms with van der Waals surface area (Å²) in [6.07, 6.45) is 12.9. The van der Waals surface area contributed by atoms with E-state index in [2.05, 4.69) is 55.8 Å². The first-order valence-corrected chi connectivity index (χ1v) is 8.09. The molecule has 0 heterocycles. The summed E-state index contributed by atoms with van der Waals surface area (Å²) in [7, 11) is 1.97. The van der Waals surface area contributed by atoms with E-state index in [1.165, 1.54) is 32.1 Å². The van der Waals surface area contributed by atoms with Gasteiger partial charge in [-0.05, 0) is 26.3 Å². The van der Waals surface area contributed by atoms with Crippen LogP contribution >= 0.6 is 0 Å². The average molecular weight is 275 g/mol. The van der Waals surface area contributed by atoms with E-state index < -0.39 is 0 Å². The average Bonchev–Trinajstić information content (AvgIpc) is 2.44. The van der Waals surface area contributed by atoms with Crippen LogP contribution in [0.15, 0.2) is 24.8 Å². The largest absolute Gasteiger partial charge is 0.316 e. The Labute approximate surface area is 126 Å². The maximum absolute atomic E-state index is 4.00. The lowest BCUT2D eigenvalue weighted by molar-refractivity contribution is 0.348. The lowest BCUT2D eigenvalue weighted by Crippen LogP contribution is -2.15. The van der Waals surface area contributed by atoms with Crippen molar-refractivity contribution in [1.82, 2.24) is 5.32 Å². The summed E-state index contributed by atoms with van der Waals surface area (Å²) in [5.41, 5.74) is 0. The fourth-order valence-electron chi connectivity index (χ4n) is 2.77. The molecule has 0 aromatic carbocycles. The van der Waals surface area contributed by atoms with E-state index in [1.807, 2.05) is 14.0 Å². The first-order valence-electron chi connectivity index (χ1n) is 8.09. The molecule has 0 fully saturated rings. The second-order valence-electron chi connectivity index (χ2n) is 5.48. The molecule has 0 saturated heterocycles. The Hall–Kier alpha value is -1.00. The van der Waals surface area contributed by atoms with Crippen molar-refractivity contribution in [2.75, 3.05) is 13.6 Å². The molecule has 1 nitrogen and oxygen atoms in total. The fourth-order valence-corrected chi connectivity index (χ4v) is 2.77. The zero-order chi connectivity index (χ0) is 15.2. The molecule has 0 aliphatic heterocycles. The summed E-state index contributed by atoms with van der Waals surface area (Å²) in [6, 6.07) is 0. The van der Waals surface area contributed by atoms with Gasteiger partial charge in [0.15, 0.2) is 0 Å². The van der Waals surface area contributed by atoms with Crippen molar-refractivity contribution in [2.45, 2.75) is 52.9 Å². The van der Waals surface area contributed by atoms with Gasteiger partial charge in [-0.2, -0.15) is 0 Å². The Kier molecular flexibility index (Phi) is 12.4. The normalized spacial score (nSPS) is 14.1. The highest BCUT2D eigenvalue weighted by atomic mass is 14.8. The molecule has 0 spiro atoms. The quantitative estimate of drug-likeness (QED) is 0.421. The van der Waals surface area contributed by atoms with E-state index in [-0.39, 0.29) is 0 Å². The van der Waals surface area contributed by atoms with E-state index >= 15 is 0 Å². The molecule has 2 unspecified atom stereocenters. The van der Waals surface area contributed by atoms with Crippen molar-refractivity contribution < 1.29 is 0 Å². The predicted molar refractivity (Wildman–Crippen MR) is 91.6 cm³/mol. The zero-order valence-electron chi connectivity index (χ0n) is 13.9. The molecular formula is C19H33N. The monoisotopic (exact) mass is 275 g/mol. The van der Waals surface area contributed by atoms with E-state index in [4.69, 9.17) is 0 Å². The SMILES string of the molecule is C=CC(/C=C\CNC)C(C#CC)CC(CCC)CCC. The maximum atomic E-state index is 4.00. The van der Waals surface area contributed by atoms with Gasteiger partial charge < -0.3 is 5.32 Å². The number of likely N-dealkylation sites (N-methyl/N-ethyl adjacent to an activating group) is 1. The van der Waals surface area contributed by atoms with Gasteiger partial charge >= 0.3 is 0 Å². The number of allylic oxidation sites excluding steroid dienone is 2. The second kappa shape index (κ2) is 13.0. The van der Waals surface area contributed by atoms with Gasteiger partial charge in [-0.25, -0.2) is 0 Å². The Bertz CT molecular complexity index is 312. The van der Waals surface area contributed by atoms with Gasteiger partial charge in [0, 0.05) is 18.4 Å². The summed E-state index contributed by atoms with van der Waals surface area (Å²) in [5.74, 6) is 8.11. The summed E-state index contributed by atoms with van der Waals surface area (Å²) >= 11 is 0. The maximum Gasteiger partial charge on any atom is 0.0302 e. The Morgan fingerprint density at radius 2 is 1.85 bits per heavy atom. The van der Waals surface area contributed by atoms with Crippen molar-refractivity contribution in [3.8, 4) is 11.8 Å². The van der Waals surface area contributed by atoms with Gasteiger partial charge in [-0.1, -0.05) is 63.7 Å². The van der Waals surface area contributed by atoms with Crippen LogP contribution in [0.25, 0.3) is 0 Å². The summed E-state index contributed by atoms with van der Waals surface area (Å²) < 4.78 is 0. The number of rotatable bonds is 11. The molecule has 0 aromatic rings. The van der Waals surface area contributed by atoms with Crippen molar-refractivity contribution >= 4 is 0 Å². The van der Waals surface area contributed by atoms with Gasteiger partial charge in [-0.15, -0.1) is 12.5 Å². The molecule has 1 heteroatoms. The molecule has 0 bridgehead atoms. The highest BCUT2D eigenvalue weighted by Gasteiger charge is 2.19. The van der Waals surface area contributed by atoms with Crippen LogP contribution in [0.5, 0.6) is 0 Å². The molecule has 1 N–H and O–H groups in total. The van der Waals surface area contributed by atoms with E-state index in [0.717, 1.165) is 12.5 Å². The molecule has 2 atom stereocenters. The molecule has 0 amide bonds. The number of hydrogen-bond donors (Lipinski definition) is 1. The first-order chi connectivity index (χ1) is 9.73. The number of hydrogen-bond acceptors (Lipinski definition) is 1. The van der Waals surface area contributed by atoms with Crippen LogP contribution in [0.2, 0.25) is 0 Å². The van der Waals surface area contributed by atoms with Gasteiger partial charge in [0.05, 0.1) is 0 Å². The standard InChI is InChI=1S/C19H33N/c1-6-11-17(12-7-2)16-19(13-8-3)18(9-4)14-10-15-20-5/h9-10,14,17-20H,4,6-7,11-12,15-16H2,1-3,5H3/b14-10-. The summed E-state index contributed by atoms with van der Waals surface area (Å²) in [6.45, 7) is 11.4. The third-order valence-corrected chi connectivity index (χ3v) is 3.73. The van der Waals surface area contributed by atoms with Crippen LogP contribution in [0.3, 0.4) is 0 Å². The minimum Gasteiger partial charge on any atom is -0.316 e. The Morgan fingerprint density at radius 1 is 1.20 bits per heavy atom. The molecule has 0 radical (unpaired) electrons. The van der Waals surface area contributed by atoms with Crippen LogP contribution < -0.4 is 5.32 Å². The molecule has 0 rings (SSSR count). The molecule has 0 aliphatic rings.